The molecule has 1 N–H and O–H groups in total. The fourth-order valence-corrected chi connectivity index (χ4v) is 5.48. The molecule has 0 unspecified atom stereocenters. The summed E-state index contributed by atoms with van der Waals surface area (Å²) in [5, 5.41) is 9.19. The number of piperidine rings is 1. The molecule has 0 aromatic carbocycles. The number of amides is 1. The van der Waals surface area contributed by atoms with Gasteiger partial charge in [0.05, 0.1) is 25.7 Å². The lowest BCUT2D eigenvalue weighted by Gasteiger charge is -2.30. The van der Waals surface area contributed by atoms with Crippen LogP contribution in [0.5, 0.6) is 0 Å². The Hall–Kier alpha value is -1.67. The lowest BCUT2D eigenvalue weighted by Crippen LogP contribution is -2.38. The third-order valence-electron chi connectivity index (χ3n) is 5.38. The molecule has 0 radical (unpaired) electrons. The number of pyridine rings is 1. The Balaban J connectivity index is 1.70. The van der Waals surface area contributed by atoms with E-state index in [1.54, 1.807) is 11.3 Å². The number of unbranched alkanes of at least 4 members (excludes halogenated alkanes) is 1. The molecule has 8 heteroatoms. The molecule has 0 aliphatic carbocycles. The first-order valence-corrected chi connectivity index (χ1v) is 11.1. The Bertz CT molecular complexity index is 975. The van der Waals surface area contributed by atoms with Crippen molar-refractivity contribution in [1.29, 1.82) is 0 Å². The average Bonchev–Trinajstić information content (AvgIpc) is 3.20. The number of rotatable bonds is 5. The second-order valence-corrected chi connectivity index (χ2v) is 9.64. The highest BCUT2D eigenvalue weighted by Gasteiger charge is 2.25. The van der Waals surface area contributed by atoms with Crippen LogP contribution < -0.4 is 0 Å². The van der Waals surface area contributed by atoms with E-state index in [2.05, 4.69) is 38.5 Å². The first kappa shape index (κ1) is 18.7. The molecular weight excluding hydrogens is 428 g/mol. The van der Waals surface area contributed by atoms with Crippen molar-refractivity contribution in [3.63, 3.8) is 0 Å². The van der Waals surface area contributed by atoms with Gasteiger partial charge in [0.15, 0.2) is 0 Å². The molecule has 3 aromatic heterocycles. The summed E-state index contributed by atoms with van der Waals surface area (Å²) in [6.45, 7) is 4.35. The molecule has 4 rings (SSSR count). The molecule has 27 heavy (non-hydrogen) atoms. The number of halogens is 1. The second kappa shape index (κ2) is 7.75. The Morgan fingerprint density at radius 1 is 1.37 bits per heavy atom. The molecule has 6 nitrogen and oxygen atoms in total. The number of likely N-dealkylation sites (tertiary alicyclic amines) is 1. The molecule has 144 valence electrons. The summed E-state index contributed by atoms with van der Waals surface area (Å²) < 4.78 is 4.65. The molecule has 4 heterocycles. The van der Waals surface area contributed by atoms with Crippen LogP contribution in [0.15, 0.2) is 16.0 Å². The van der Waals surface area contributed by atoms with Crippen LogP contribution in [0.1, 0.15) is 38.4 Å². The summed E-state index contributed by atoms with van der Waals surface area (Å²) in [5.74, 6) is 1.61. The molecule has 0 spiro atoms. The number of carbonyl (C=O) groups is 1. The van der Waals surface area contributed by atoms with Gasteiger partial charge in [-0.3, -0.25) is 4.98 Å². The van der Waals surface area contributed by atoms with Crippen molar-refractivity contribution in [1.82, 2.24) is 19.4 Å². The number of imidazole rings is 1. The minimum Gasteiger partial charge on any atom is -0.465 e. The molecular formula is C19H23BrN4O2S. The standard InChI is InChI=1S/C19H23BrN4O2S/c1-2-3-4-16-22-14-10-21-13-9-15(20)27-18(13)17(14)24(16)11-12-5-7-23(8-6-12)19(25)26/h9-10,12H,2-8,11H2,1H3,(H,25,26). The van der Waals surface area contributed by atoms with Crippen molar-refractivity contribution in [2.45, 2.75) is 45.6 Å². The first-order valence-electron chi connectivity index (χ1n) is 9.47. The molecule has 1 amide bonds. The van der Waals surface area contributed by atoms with Gasteiger partial charge in [0.2, 0.25) is 0 Å². The monoisotopic (exact) mass is 450 g/mol. The van der Waals surface area contributed by atoms with Gasteiger partial charge < -0.3 is 14.6 Å². The van der Waals surface area contributed by atoms with Gasteiger partial charge in [-0.2, -0.15) is 0 Å². The largest absolute Gasteiger partial charge is 0.465 e. The summed E-state index contributed by atoms with van der Waals surface area (Å²) in [4.78, 5) is 22.2. The van der Waals surface area contributed by atoms with Crippen LogP contribution in [-0.4, -0.2) is 43.7 Å². The van der Waals surface area contributed by atoms with Crippen LogP contribution in [0.3, 0.4) is 0 Å². The van der Waals surface area contributed by atoms with E-state index in [-0.39, 0.29) is 0 Å². The smallest absolute Gasteiger partial charge is 0.407 e. The lowest BCUT2D eigenvalue weighted by atomic mass is 9.97. The number of carboxylic acid groups (broad SMARTS) is 1. The summed E-state index contributed by atoms with van der Waals surface area (Å²) in [6, 6.07) is 2.06. The number of hydrogen-bond donors (Lipinski definition) is 1. The van der Waals surface area contributed by atoms with E-state index < -0.39 is 6.09 Å². The van der Waals surface area contributed by atoms with Gasteiger partial charge in [-0.15, -0.1) is 11.3 Å². The zero-order chi connectivity index (χ0) is 19.0. The minimum atomic E-state index is -0.804. The summed E-state index contributed by atoms with van der Waals surface area (Å²) in [5.41, 5.74) is 3.15. The predicted octanol–water partition coefficient (Wildman–Crippen LogP) is 5.14. The summed E-state index contributed by atoms with van der Waals surface area (Å²) >= 11 is 5.30. The summed E-state index contributed by atoms with van der Waals surface area (Å²) in [7, 11) is 0. The van der Waals surface area contributed by atoms with Gasteiger partial charge in [0.1, 0.15) is 11.3 Å². The van der Waals surface area contributed by atoms with Crippen LogP contribution in [0.4, 0.5) is 4.79 Å². The maximum absolute atomic E-state index is 11.2. The van der Waals surface area contributed by atoms with Crippen molar-refractivity contribution in [3.05, 3.63) is 21.9 Å². The minimum absolute atomic E-state index is 0.477. The van der Waals surface area contributed by atoms with Crippen molar-refractivity contribution in [3.8, 4) is 0 Å². The number of aryl methyl sites for hydroxylation is 1. The molecule has 1 fully saturated rings. The number of hydrogen-bond acceptors (Lipinski definition) is 4. The molecule has 0 atom stereocenters. The lowest BCUT2D eigenvalue weighted by molar-refractivity contribution is 0.121. The number of aromatic nitrogens is 3. The number of nitrogens with zero attached hydrogens (tertiary/aromatic N) is 4. The average molecular weight is 451 g/mol. The normalized spacial score (nSPS) is 15.9. The highest BCUT2D eigenvalue weighted by atomic mass is 79.9. The van der Waals surface area contributed by atoms with Gasteiger partial charge in [-0.05, 0) is 47.2 Å². The van der Waals surface area contributed by atoms with E-state index in [4.69, 9.17) is 4.98 Å². The van der Waals surface area contributed by atoms with Crippen molar-refractivity contribution < 1.29 is 9.90 Å². The van der Waals surface area contributed by atoms with Gasteiger partial charge in [-0.25, -0.2) is 9.78 Å². The quantitative estimate of drug-likeness (QED) is 0.583. The van der Waals surface area contributed by atoms with E-state index >= 15 is 0 Å². The highest BCUT2D eigenvalue weighted by molar-refractivity contribution is 9.11. The van der Waals surface area contributed by atoms with E-state index in [0.29, 0.717) is 19.0 Å². The molecule has 1 aliphatic heterocycles. The Labute approximate surface area is 170 Å². The van der Waals surface area contributed by atoms with Gasteiger partial charge >= 0.3 is 6.09 Å². The van der Waals surface area contributed by atoms with Crippen LogP contribution in [0, 0.1) is 5.92 Å². The Kier molecular flexibility index (Phi) is 5.36. The third-order valence-corrected chi connectivity index (χ3v) is 7.01. The fourth-order valence-electron chi connectivity index (χ4n) is 3.88. The Morgan fingerprint density at radius 3 is 2.85 bits per heavy atom. The zero-order valence-corrected chi connectivity index (χ0v) is 17.7. The predicted molar refractivity (Wildman–Crippen MR) is 112 cm³/mol. The Morgan fingerprint density at radius 2 is 2.15 bits per heavy atom. The van der Waals surface area contributed by atoms with Crippen LogP contribution in [0.25, 0.3) is 21.3 Å². The SMILES string of the molecule is CCCCc1nc2cnc3cc(Br)sc3c2n1CC1CCN(C(=O)O)CC1. The van der Waals surface area contributed by atoms with Crippen molar-refractivity contribution in [2.75, 3.05) is 13.1 Å². The fraction of sp³-hybridized carbons (Fsp3) is 0.526. The zero-order valence-electron chi connectivity index (χ0n) is 15.3. The van der Waals surface area contributed by atoms with E-state index in [1.165, 1.54) is 15.1 Å². The van der Waals surface area contributed by atoms with Gasteiger partial charge in [0, 0.05) is 26.1 Å². The van der Waals surface area contributed by atoms with Crippen molar-refractivity contribution in [2.24, 2.45) is 5.92 Å². The number of thiophene rings is 1. The van der Waals surface area contributed by atoms with Crippen LogP contribution >= 0.6 is 27.3 Å². The van der Waals surface area contributed by atoms with Crippen molar-refractivity contribution >= 4 is 54.6 Å². The molecule has 1 aliphatic rings. The topological polar surface area (TPSA) is 71.2 Å². The third kappa shape index (κ3) is 3.69. The van der Waals surface area contributed by atoms with Crippen LogP contribution in [-0.2, 0) is 13.0 Å². The maximum atomic E-state index is 11.2. The second-order valence-electron chi connectivity index (χ2n) is 7.21. The summed E-state index contributed by atoms with van der Waals surface area (Å²) in [6.07, 6.45) is 6.11. The van der Waals surface area contributed by atoms with E-state index in [1.807, 2.05) is 6.20 Å². The molecule has 3 aromatic rings. The highest BCUT2D eigenvalue weighted by Crippen LogP contribution is 2.35. The van der Waals surface area contributed by atoms with Crippen LogP contribution in [0.2, 0.25) is 0 Å². The molecule has 1 saturated heterocycles. The maximum Gasteiger partial charge on any atom is 0.407 e. The van der Waals surface area contributed by atoms with E-state index in [9.17, 15) is 9.90 Å². The molecule has 0 bridgehead atoms. The first-order chi connectivity index (χ1) is 13.1. The van der Waals surface area contributed by atoms with Gasteiger partial charge in [-0.1, -0.05) is 13.3 Å². The molecule has 0 saturated carbocycles. The van der Waals surface area contributed by atoms with Gasteiger partial charge in [0.25, 0.3) is 0 Å². The van der Waals surface area contributed by atoms with E-state index in [0.717, 1.165) is 59.3 Å². The number of fused-ring (bicyclic) bond motifs is 3.